The number of carbonyl (C=O) groups is 1. The van der Waals surface area contributed by atoms with Gasteiger partial charge in [-0.15, -0.1) is 0 Å². The van der Waals surface area contributed by atoms with E-state index in [1.807, 2.05) is 20.8 Å². The number of rotatable bonds is 7. The van der Waals surface area contributed by atoms with Crippen molar-refractivity contribution in [2.45, 2.75) is 77.5 Å². The van der Waals surface area contributed by atoms with Crippen molar-refractivity contribution in [3.8, 4) is 0 Å². The van der Waals surface area contributed by atoms with E-state index in [1.165, 1.54) is 25.7 Å². The molecule has 1 amide bonds. The molecule has 1 saturated carbocycles. The van der Waals surface area contributed by atoms with Crippen LogP contribution in [0.4, 0.5) is 4.79 Å². The maximum atomic E-state index is 11.8. The van der Waals surface area contributed by atoms with Crippen molar-refractivity contribution < 1.29 is 9.53 Å². The van der Waals surface area contributed by atoms with Crippen LogP contribution >= 0.6 is 0 Å². The summed E-state index contributed by atoms with van der Waals surface area (Å²) in [5, 5.41) is 6.68. The average Bonchev–Trinajstić information content (AvgIpc) is 2.77. The first-order valence-corrected chi connectivity index (χ1v) is 8.78. The fourth-order valence-electron chi connectivity index (χ4n) is 3.43. The number of amides is 1. The van der Waals surface area contributed by atoms with Gasteiger partial charge in [-0.05, 0) is 51.9 Å². The number of allylic oxidation sites excluding steroid dienone is 1. The lowest BCUT2D eigenvalue weighted by molar-refractivity contribution is 0.0516. The highest BCUT2D eigenvalue weighted by atomic mass is 16.6. The van der Waals surface area contributed by atoms with Crippen LogP contribution in [0.15, 0.2) is 12.2 Å². The van der Waals surface area contributed by atoms with Crippen LogP contribution in [0.25, 0.3) is 0 Å². The highest BCUT2D eigenvalue weighted by Crippen LogP contribution is 2.42. The van der Waals surface area contributed by atoms with Crippen molar-refractivity contribution in [3.05, 3.63) is 12.2 Å². The van der Waals surface area contributed by atoms with E-state index >= 15 is 0 Å². The molecule has 2 rings (SSSR count). The fourth-order valence-corrected chi connectivity index (χ4v) is 3.43. The number of unbranched alkanes of at least 4 members (excludes halogenated alkanes) is 1. The summed E-state index contributed by atoms with van der Waals surface area (Å²) in [6, 6.07) is 0.929. The van der Waals surface area contributed by atoms with Crippen LogP contribution in [0.2, 0.25) is 0 Å². The topological polar surface area (TPSA) is 50.4 Å². The molecule has 0 heterocycles. The Bertz CT molecular complexity index is 400. The molecular formula is C18H32N2O2. The zero-order valence-corrected chi connectivity index (χ0v) is 14.5. The second-order valence-corrected chi connectivity index (χ2v) is 7.73. The Balaban J connectivity index is 1.76. The smallest absolute Gasteiger partial charge is 0.407 e. The first-order chi connectivity index (χ1) is 10.4. The van der Waals surface area contributed by atoms with Crippen LogP contribution in [0.5, 0.6) is 0 Å². The molecule has 22 heavy (non-hydrogen) atoms. The van der Waals surface area contributed by atoms with Gasteiger partial charge in [0.1, 0.15) is 5.60 Å². The summed E-state index contributed by atoms with van der Waals surface area (Å²) in [7, 11) is 0. The molecule has 0 aromatic rings. The SMILES string of the molecule is CCCCC(CNC(=O)OC(C)(C)C)NC1CC2CC=CC21. The predicted molar refractivity (Wildman–Crippen MR) is 89.8 cm³/mol. The van der Waals surface area contributed by atoms with Gasteiger partial charge in [0.15, 0.2) is 0 Å². The molecule has 0 aromatic carbocycles. The molecule has 0 aliphatic heterocycles. The van der Waals surface area contributed by atoms with E-state index in [1.54, 1.807) is 0 Å². The van der Waals surface area contributed by atoms with Gasteiger partial charge in [-0.3, -0.25) is 0 Å². The van der Waals surface area contributed by atoms with Crippen molar-refractivity contribution in [3.63, 3.8) is 0 Å². The fraction of sp³-hybridized carbons (Fsp3) is 0.833. The highest BCUT2D eigenvalue weighted by Gasteiger charge is 2.41. The molecular weight excluding hydrogens is 276 g/mol. The molecule has 4 atom stereocenters. The number of fused-ring (bicyclic) bond motifs is 1. The Morgan fingerprint density at radius 1 is 1.41 bits per heavy atom. The monoisotopic (exact) mass is 308 g/mol. The van der Waals surface area contributed by atoms with Crippen LogP contribution in [0.1, 0.15) is 59.8 Å². The number of ether oxygens (including phenoxy) is 1. The van der Waals surface area contributed by atoms with Gasteiger partial charge in [-0.1, -0.05) is 31.9 Å². The minimum absolute atomic E-state index is 0.317. The molecule has 0 spiro atoms. The quantitative estimate of drug-likeness (QED) is 0.706. The van der Waals surface area contributed by atoms with Gasteiger partial charge in [0, 0.05) is 18.6 Å². The number of alkyl carbamates (subject to hydrolysis) is 1. The van der Waals surface area contributed by atoms with Gasteiger partial charge in [0.25, 0.3) is 0 Å². The van der Waals surface area contributed by atoms with Crippen LogP contribution in [0, 0.1) is 11.8 Å². The lowest BCUT2D eigenvalue weighted by Gasteiger charge is -2.43. The lowest BCUT2D eigenvalue weighted by atomic mass is 9.71. The van der Waals surface area contributed by atoms with E-state index in [0.717, 1.165) is 12.3 Å². The van der Waals surface area contributed by atoms with Crippen molar-refractivity contribution in [1.82, 2.24) is 10.6 Å². The summed E-state index contributed by atoms with van der Waals surface area (Å²) in [6.07, 6.45) is 10.4. The summed E-state index contributed by atoms with van der Waals surface area (Å²) in [6.45, 7) is 8.52. The molecule has 4 nitrogen and oxygen atoms in total. The molecule has 0 saturated heterocycles. The summed E-state index contributed by atoms with van der Waals surface area (Å²) in [4.78, 5) is 11.8. The third-order valence-corrected chi connectivity index (χ3v) is 4.61. The molecule has 2 N–H and O–H groups in total. The Labute approximate surface area is 135 Å². The van der Waals surface area contributed by atoms with E-state index in [-0.39, 0.29) is 6.09 Å². The first-order valence-electron chi connectivity index (χ1n) is 8.78. The zero-order valence-electron chi connectivity index (χ0n) is 14.5. The predicted octanol–water partition coefficient (Wildman–Crippen LogP) is 3.62. The number of nitrogens with one attached hydrogen (secondary N) is 2. The van der Waals surface area contributed by atoms with Gasteiger partial charge in [-0.2, -0.15) is 0 Å². The highest BCUT2D eigenvalue weighted by molar-refractivity contribution is 5.67. The Morgan fingerprint density at radius 2 is 2.18 bits per heavy atom. The third kappa shape index (κ3) is 5.01. The third-order valence-electron chi connectivity index (χ3n) is 4.61. The molecule has 4 unspecified atom stereocenters. The molecule has 2 aliphatic carbocycles. The molecule has 0 aromatic heterocycles. The maximum Gasteiger partial charge on any atom is 0.407 e. The van der Waals surface area contributed by atoms with Crippen LogP contribution in [-0.4, -0.2) is 30.3 Å². The van der Waals surface area contributed by atoms with Gasteiger partial charge in [-0.25, -0.2) is 4.79 Å². The van der Waals surface area contributed by atoms with Crippen molar-refractivity contribution in [2.24, 2.45) is 11.8 Å². The molecule has 2 aliphatic rings. The number of carbonyl (C=O) groups excluding carboxylic acids is 1. The summed E-state index contributed by atoms with van der Waals surface area (Å²) in [5.41, 5.74) is -0.438. The number of hydrogen-bond acceptors (Lipinski definition) is 3. The van der Waals surface area contributed by atoms with Gasteiger partial charge < -0.3 is 15.4 Å². The van der Waals surface area contributed by atoms with E-state index in [4.69, 9.17) is 4.74 Å². The minimum Gasteiger partial charge on any atom is -0.444 e. The van der Waals surface area contributed by atoms with Crippen molar-refractivity contribution in [2.75, 3.05) is 6.54 Å². The Morgan fingerprint density at radius 3 is 2.82 bits per heavy atom. The lowest BCUT2D eigenvalue weighted by Crippen LogP contribution is -2.54. The van der Waals surface area contributed by atoms with Gasteiger partial charge in [0.05, 0.1) is 0 Å². The van der Waals surface area contributed by atoms with Gasteiger partial charge in [0.2, 0.25) is 0 Å². The second kappa shape index (κ2) is 7.49. The molecule has 1 fully saturated rings. The second-order valence-electron chi connectivity index (χ2n) is 7.73. The zero-order chi connectivity index (χ0) is 16.2. The standard InChI is InChI=1S/C18H32N2O2/c1-5-6-9-14(12-19-17(21)22-18(2,3)4)20-16-11-13-8-7-10-15(13)16/h7,10,13-16,20H,5-6,8-9,11-12H2,1-4H3,(H,19,21). The van der Waals surface area contributed by atoms with Crippen LogP contribution < -0.4 is 10.6 Å². The van der Waals surface area contributed by atoms with E-state index in [9.17, 15) is 4.79 Å². The van der Waals surface area contributed by atoms with E-state index in [2.05, 4.69) is 29.7 Å². The maximum absolute atomic E-state index is 11.8. The van der Waals surface area contributed by atoms with Gasteiger partial charge >= 0.3 is 6.09 Å². The summed E-state index contributed by atoms with van der Waals surface area (Å²) < 4.78 is 5.32. The largest absolute Gasteiger partial charge is 0.444 e. The van der Waals surface area contributed by atoms with E-state index < -0.39 is 5.60 Å². The molecule has 0 bridgehead atoms. The van der Waals surface area contributed by atoms with Crippen molar-refractivity contribution in [1.29, 1.82) is 0 Å². The minimum atomic E-state index is -0.438. The average molecular weight is 308 g/mol. The van der Waals surface area contributed by atoms with E-state index in [0.29, 0.717) is 24.5 Å². The molecule has 126 valence electrons. The normalized spacial score (nSPS) is 27.9. The van der Waals surface area contributed by atoms with Crippen LogP contribution in [0.3, 0.4) is 0 Å². The summed E-state index contributed by atoms with van der Waals surface area (Å²) in [5.74, 6) is 1.58. The molecule has 0 radical (unpaired) electrons. The van der Waals surface area contributed by atoms with Crippen molar-refractivity contribution >= 4 is 6.09 Å². The Hall–Kier alpha value is -1.03. The number of hydrogen-bond donors (Lipinski definition) is 2. The van der Waals surface area contributed by atoms with Crippen LogP contribution in [-0.2, 0) is 4.74 Å². The molecule has 4 heteroatoms. The Kier molecular flexibility index (Phi) is 5.90. The summed E-state index contributed by atoms with van der Waals surface area (Å²) >= 11 is 0. The first kappa shape index (κ1) is 17.3.